The average Bonchev–Trinajstić information content (AvgIpc) is 2.09. The van der Waals surface area contributed by atoms with Crippen LogP contribution in [0.25, 0.3) is 0 Å². The maximum absolute atomic E-state index is 5.65. The summed E-state index contributed by atoms with van der Waals surface area (Å²) in [5.74, 6) is 0.574. The molecule has 1 aromatic heterocycles. The van der Waals surface area contributed by atoms with E-state index >= 15 is 0 Å². The normalized spacial score (nSPS) is 9.64. The number of anilines is 1. The third-order valence-electron chi connectivity index (χ3n) is 1.56. The molecule has 0 atom stereocenters. The van der Waals surface area contributed by atoms with Crippen molar-refractivity contribution in [2.75, 3.05) is 12.5 Å². The smallest absolute Gasteiger partial charge is 0.184 e. The SMILES string of the molecule is Cc1cc(Cl)nnc1NN(C)C(N)=S. The lowest BCUT2D eigenvalue weighted by atomic mass is 10.3. The van der Waals surface area contributed by atoms with Gasteiger partial charge in [-0.15, -0.1) is 10.2 Å². The number of nitrogens with one attached hydrogen (secondary N) is 1. The Labute approximate surface area is 92.2 Å². The van der Waals surface area contributed by atoms with Crippen LogP contribution in [0.15, 0.2) is 6.07 Å². The van der Waals surface area contributed by atoms with Crippen molar-refractivity contribution < 1.29 is 0 Å². The Hall–Kier alpha value is -1.14. The maximum atomic E-state index is 5.65. The van der Waals surface area contributed by atoms with Crippen LogP contribution in [0.3, 0.4) is 0 Å². The van der Waals surface area contributed by atoms with Crippen molar-refractivity contribution in [3.05, 3.63) is 16.8 Å². The highest BCUT2D eigenvalue weighted by Gasteiger charge is 2.05. The third-order valence-corrected chi connectivity index (χ3v) is 2.02. The van der Waals surface area contributed by atoms with Crippen molar-refractivity contribution in [3.63, 3.8) is 0 Å². The van der Waals surface area contributed by atoms with Crippen LogP contribution in [0.5, 0.6) is 0 Å². The molecule has 1 heterocycles. The van der Waals surface area contributed by atoms with Gasteiger partial charge in [-0.25, -0.2) is 0 Å². The van der Waals surface area contributed by atoms with E-state index in [2.05, 4.69) is 15.6 Å². The molecule has 1 rings (SSSR count). The lowest BCUT2D eigenvalue weighted by molar-refractivity contribution is 0.605. The van der Waals surface area contributed by atoms with Gasteiger partial charge in [-0.2, -0.15) is 0 Å². The number of halogens is 1. The minimum absolute atomic E-state index is 0.223. The van der Waals surface area contributed by atoms with Gasteiger partial charge in [0.05, 0.1) is 0 Å². The zero-order valence-electron chi connectivity index (χ0n) is 7.78. The second-order valence-corrected chi connectivity index (χ2v) is 3.51. The largest absolute Gasteiger partial charge is 0.375 e. The Morgan fingerprint density at radius 3 is 2.79 bits per heavy atom. The number of aryl methyl sites for hydroxylation is 1. The number of hydrazine groups is 1. The summed E-state index contributed by atoms with van der Waals surface area (Å²) in [6.45, 7) is 1.86. The molecule has 0 aliphatic heterocycles. The molecule has 76 valence electrons. The highest BCUT2D eigenvalue weighted by atomic mass is 35.5. The molecule has 1 aromatic rings. The predicted molar refractivity (Wildman–Crippen MR) is 60.0 cm³/mol. The van der Waals surface area contributed by atoms with Crippen LogP contribution in [-0.2, 0) is 0 Å². The lowest BCUT2D eigenvalue weighted by Crippen LogP contribution is -2.37. The van der Waals surface area contributed by atoms with Crippen molar-refractivity contribution in [3.8, 4) is 0 Å². The Kier molecular flexibility index (Phi) is 3.43. The van der Waals surface area contributed by atoms with Crippen LogP contribution in [-0.4, -0.2) is 27.4 Å². The summed E-state index contributed by atoms with van der Waals surface area (Å²) >= 11 is 10.4. The summed E-state index contributed by atoms with van der Waals surface area (Å²) in [6.07, 6.45) is 0. The zero-order chi connectivity index (χ0) is 10.7. The standard InChI is InChI=1S/C7H10ClN5S/c1-4-3-5(8)10-11-6(4)12-13(2)7(9)14/h3H,1-2H3,(H2,9,14)(H,11,12). The fraction of sp³-hybridized carbons (Fsp3) is 0.286. The minimum Gasteiger partial charge on any atom is -0.375 e. The second kappa shape index (κ2) is 4.39. The Morgan fingerprint density at radius 1 is 1.64 bits per heavy atom. The fourth-order valence-corrected chi connectivity index (χ4v) is 1.02. The van der Waals surface area contributed by atoms with Gasteiger partial charge in [0.25, 0.3) is 0 Å². The van der Waals surface area contributed by atoms with Gasteiger partial charge in [0.2, 0.25) is 0 Å². The molecule has 5 nitrogen and oxygen atoms in total. The van der Waals surface area contributed by atoms with Gasteiger partial charge in [0.15, 0.2) is 16.1 Å². The highest BCUT2D eigenvalue weighted by molar-refractivity contribution is 7.80. The molecule has 0 saturated carbocycles. The quantitative estimate of drug-likeness (QED) is 0.583. The number of hydrogen-bond acceptors (Lipinski definition) is 4. The van der Waals surface area contributed by atoms with E-state index in [0.29, 0.717) is 11.0 Å². The molecule has 0 aliphatic carbocycles. The summed E-state index contributed by atoms with van der Waals surface area (Å²) in [4.78, 5) is 0. The summed E-state index contributed by atoms with van der Waals surface area (Å²) in [6, 6.07) is 1.70. The number of rotatable bonds is 2. The zero-order valence-corrected chi connectivity index (χ0v) is 9.35. The molecule has 3 N–H and O–H groups in total. The van der Waals surface area contributed by atoms with Gasteiger partial charge >= 0.3 is 0 Å². The third kappa shape index (κ3) is 2.68. The summed E-state index contributed by atoms with van der Waals surface area (Å²) in [7, 11) is 1.69. The molecule has 7 heteroatoms. The van der Waals surface area contributed by atoms with Crippen LogP contribution < -0.4 is 11.2 Å². The number of aromatic nitrogens is 2. The Balaban J connectivity index is 2.82. The maximum Gasteiger partial charge on any atom is 0.184 e. The van der Waals surface area contributed by atoms with E-state index in [9.17, 15) is 0 Å². The van der Waals surface area contributed by atoms with E-state index in [4.69, 9.17) is 29.6 Å². The Bertz CT molecular complexity index is 356. The van der Waals surface area contributed by atoms with Crippen molar-refractivity contribution in [2.45, 2.75) is 6.92 Å². The molecule has 0 radical (unpaired) electrons. The van der Waals surface area contributed by atoms with E-state index < -0.39 is 0 Å². The monoisotopic (exact) mass is 231 g/mol. The molecule has 0 unspecified atom stereocenters. The second-order valence-electron chi connectivity index (χ2n) is 2.71. The lowest BCUT2D eigenvalue weighted by Gasteiger charge is -2.18. The van der Waals surface area contributed by atoms with Crippen LogP contribution in [0.1, 0.15) is 5.56 Å². The number of thiocarbonyl (C=S) groups is 1. The van der Waals surface area contributed by atoms with Gasteiger partial charge in [-0.3, -0.25) is 10.4 Å². The first kappa shape index (κ1) is 10.9. The van der Waals surface area contributed by atoms with E-state index in [-0.39, 0.29) is 5.11 Å². The summed E-state index contributed by atoms with van der Waals surface area (Å²) in [5.41, 5.74) is 9.12. The predicted octanol–water partition coefficient (Wildman–Crippen LogP) is 0.941. The summed E-state index contributed by atoms with van der Waals surface area (Å²) < 4.78 is 0. The Morgan fingerprint density at radius 2 is 2.29 bits per heavy atom. The molecule has 14 heavy (non-hydrogen) atoms. The van der Waals surface area contributed by atoms with Crippen molar-refractivity contribution in [1.82, 2.24) is 15.2 Å². The van der Waals surface area contributed by atoms with Crippen LogP contribution in [0, 0.1) is 6.92 Å². The van der Waals surface area contributed by atoms with Gasteiger partial charge in [-0.1, -0.05) is 11.6 Å². The van der Waals surface area contributed by atoms with E-state index in [1.165, 1.54) is 5.01 Å². The molecule has 0 amide bonds. The van der Waals surface area contributed by atoms with E-state index in [1.807, 2.05) is 6.92 Å². The highest BCUT2D eigenvalue weighted by Crippen LogP contribution is 2.13. The van der Waals surface area contributed by atoms with Crippen molar-refractivity contribution in [2.24, 2.45) is 5.73 Å². The molecule has 0 saturated heterocycles. The van der Waals surface area contributed by atoms with Gasteiger partial charge in [-0.05, 0) is 30.8 Å². The minimum atomic E-state index is 0.223. The average molecular weight is 232 g/mol. The molecular weight excluding hydrogens is 222 g/mol. The fourth-order valence-electron chi connectivity index (χ4n) is 0.777. The number of hydrogen-bond donors (Lipinski definition) is 2. The van der Waals surface area contributed by atoms with Crippen molar-refractivity contribution >= 4 is 34.7 Å². The molecular formula is C7H10ClN5S. The van der Waals surface area contributed by atoms with Gasteiger partial charge < -0.3 is 5.73 Å². The number of nitrogens with zero attached hydrogens (tertiary/aromatic N) is 3. The van der Waals surface area contributed by atoms with Crippen LogP contribution in [0.2, 0.25) is 5.15 Å². The molecule has 0 aliphatic rings. The summed E-state index contributed by atoms with van der Waals surface area (Å²) in [5, 5.41) is 9.59. The van der Waals surface area contributed by atoms with Gasteiger partial charge in [0, 0.05) is 7.05 Å². The first-order valence-corrected chi connectivity index (χ1v) is 4.59. The molecule has 0 spiro atoms. The molecule has 0 fully saturated rings. The topological polar surface area (TPSA) is 67.1 Å². The number of nitrogens with two attached hydrogens (primary N) is 1. The molecule has 0 aromatic carbocycles. The van der Waals surface area contributed by atoms with Crippen LogP contribution >= 0.6 is 23.8 Å². The van der Waals surface area contributed by atoms with E-state index in [1.54, 1.807) is 13.1 Å². The van der Waals surface area contributed by atoms with Gasteiger partial charge in [0.1, 0.15) is 0 Å². The van der Waals surface area contributed by atoms with Crippen molar-refractivity contribution in [1.29, 1.82) is 0 Å². The van der Waals surface area contributed by atoms with E-state index in [0.717, 1.165) is 5.56 Å². The van der Waals surface area contributed by atoms with Crippen LogP contribution in [0.4, 0.5) is 5.82 Å². The first-order valence-electron chi connectivity index (χ1n) is 3.80. The first-order chi connectivity index (χ1) is 6.50. The molecule has 0 bridgehead atoms.